The zero-order valence-electron chi connectivity index (χ0n) is 11.7. The molecular formula is C13H26N4. The summed E-state index contributed by atoms with van der Waals surface area (Å²) in [5.41, 5.74) is 0. The number of nitrogens with zero attached hydrogens (tertiary/aromatic N) is 4. The third-order valence-electron chi connectivity index (χ3n) is 3.37. The molecule has 0 N–H and O–H groups in total. The average molecular weight is 238 g/mol. The standard InChI is InChI=1S/C13H26N4/c1-12-9-16(4)11-13(5-6-14)17(10-12)8-7-15(2)3/h12-13H,5,7-11H2,1-4H3. The van der Waals surface area contributed by atoms with Crippen LogP contribution in [0.3, 0.4) is 0 Å². The zero-order valence-corrected chi connectivity index (χ0v) is 11.7. The number of nitriles is 1. The number of rotatable bonds is 4. The molecule has 17 heavy (non-hydrogen) atoms. The molecule has 2 atom stereocenters. The zero-order chi connectivity index (χ0) is 12.8. The quantitative estimate of drug-likeness (QED) is 0.722. The van der Waals surface area contributed by atoms with Gasteiger partial charge in [-0.15, -0.1) is 0 Å². The van der Waals surface area contributed by atoms with Gasteiger partial charge in [0.2, 0.25) is 0 Å². The van der Waals surface area contributed by atoms with Crippen molar-refractivity contribution in [3.63, 3.8) is 0 Å². The molecule has 0 bridgehead atoms. The second-order valence-electron chi connectivity index (χ2n) is 5.64. The minimum Gasteiger partial charge on any atom is -0.308 e. The molecule has 0 amide bonds. The van der Waals surface area contributed by atoms with Crippen LogP contribution in [-0.4, -0.2) is 74.6 Å². The van der Waals surface area contributed by atoms with Crippen LogP contribution in [0, 0.1) is 17.2 Å². The molecule has 0 aromatic carbocycles. The minimum absolute atomic E-state index is 0.398. The van der Waals surface area contributed by atoms with Crippen LogP contribution in [0.5, 0.6) is 0 Å². The van der Waals surface area contributed by atoms with Crippen LogP contribution in [0.25, 0.3) is 0 Å². The van der Waals surface area contributed by atoms with Gasteiger partial charge in [-0.1, -0.05) is 6.92 Å². The topological polar surface area (TPSA) is 33.5 Å². The van der Waals surface area contributed by atoms with Crippen molar-refractivity contribution in [3.8, 4) is 6.07 Å². The maximum absolute atomic E-state index is 8.95. The highest BCUT2D eigenvalue weighted by Crippen LogP contribution is 2.15. The fraction of sp³-hybridized carbons (Fsp3) is 0.923. The van der Waals surface area contributed by atoms with Crippen molar-refractivity contribution in [3.05, 3.63) is 0 Å². The van der Waals surface area contributed by atoms with Crippen LogP contribution >= 0.6 is 0 Å². The fourth-order valence-electron chi connectivity index (χ4n) is 2.59. The maximum Gasteiger partial charge on any atom is 0.0638 e. The molecule has 0 radical (unpaired) electrons. The molecule has 1 aliphatic heterocycles. The molecular weight excluding hydrogens is 212 g/mol. The van der Waals surface area contributed by atoms with Crippen molar-refractivity contribution in [1.29, 1.82) is 5.26 Å². The van der Waals surface area contributed by atoms with Gasteiger partial charge in [-0.3, -0.25) is 4.90 Å². The first-order valence-corrected chi connectivity index (χ1v) is 6.47. The smallest absolute Gasteiger partial charge is 0.0638 e. The van der Waals surface area contributed by atoms with Gasteiger partial charge in [0.05, 0.1) is 12.5 Å². The molecule has 1 rings (SSSR count). The highest BCUT2D eigenvalue weighted by molar-refractivity contribution is 4.88. The van der Waals surface area contributed by atoms with Gasteiger partial charge < -0.3 is 9.80 Å². The van der Waals surface area contributed by atoms with E-state index in [0.29, 0.717) is 18.4 Å². The predicted molar refractivity (Wildman–Crippen MR) is 70.8 cm³/mol. The van der Waals surface area contributed by atoms with Crippen molar-refractivity contribution in [2.75, 3.05) is 53.9 Å². The van der Waals surface area contributed by atoms with Gasteiger partial charge in [0, 0.05) is 38.8 Å². The van der Waals surface area contributed by atoms with E-state index >= 15 is 0 Å². The third kappa shape index (κ3) is 5.03. The van der Waals surface area contributed by atoms with Crippen molar-refractivity contribution in [2.45, 2.75) is 19.4 Å². The van der Waals surface area contributed by atoms with Gasteiger partial charge in [0.1, 0.15) is 0 Å². The lowest BCUT2D eigenvalue weighted by atomic mass is 10.1. The molecule has 1 fully saturated rings. The third-order valence-corrected chi connectivity index (χ3v) is 3.37. The van der Waals surface area contributed by atoms with Gasteiger partial charge in [-0.2, -0.15) is 5.26 Å². The van der Waals surface area contributed by atoms with E-state index in [1.165, 1.54) is 0 Å². The van der Waals surface area contributed by atoms with Crippen molar-refractivity contribution in [1.82, 2.24) is 14.7 Å². The Labute approximate surface area is 106 Å². The fourth-order valence-corrected chi connectivity index (χ4v) is 2.59. The van der Waals surface area contributed by atoms with E-state index in [4.69, 9.17) is 5.26 Å². The molecule has 0 saturated carbocycles. The van der Waals surface area contributed by atoms with Gasteiger partial charge in [-0.25, -0.2) is 0 Å². The summed E-state index contributed by atoms with van der Waals surface area (Å²) in [5.74, 6) is 0.686. The first-order chi connectivity index (χ1) is 8.02. The van der Waals surface area contributed by atoms with Gasteiger partial charge >= 0.3 is 0 Å². The normalized spacial score (nSPS) is 28.0. The van der Waals surface area contributed by atoms with Crippen molar-refractivity contribution < 1.29 is 0 Å². The van der Waals surface area contributed by atoms with Crippen LogP contribution in [0.2, 0.25) is 0 Å². The molecule has 0 spiro atoms. The molecule has 4 nitrogen and oxygen atoms in total. The van der Waals surface area contributed by atoms with Crippen molar-refractivity contribution in [2.24, 2.45) is 5.92 Å². The number of hydrogen-bond donors (Lipinski definition) is 0. The Bertz CT molecular complexity index is 259. The Kier molecular flexibility index (Phi) is 5.90. The molecule has 0 aromatic heterocycles. The van der Waals surface area contributed by atoms with Crippen LogP contribution < -0.4 is 0 Å². The molecule has 0 aliphatic carbocycles. The van der Waals surface area contributed by atoms with E-state index in [1.54, 1.807) is 0 Å². The Hall–Kier alpha value is -0.630. The summed E-state index contributed by atoms with van der Waals surface area (Å²) in [6.45, 7) is 7.71. The van der Waals surface area contributed by atoms with E-state index in [2.05, 4.69) is 48.8 Å². The average Bonchev–Trinajstić information content (AvgIpc) is 2.35. The minimum atomic E-state index is 0.398. The van der Waals surface area contributed by atoms with E-state index in [9.17, 15) is 0 Å². The summed E-state index contributed by atoms with van der Waals surface area (Å²) in [7, 11) is 6.37. The largest absolute Gasteiger partial charge is 0.308 e. The van der Waals surface area contributed by atoms with Gasteiger partial charge in [0.25, 0.3) is 0 Å². The van der Waals surface area contributed by atoms with E-state index in [0.717, 1.165) is 32.7 Å². The monoisotopic (exact) mass is 238 g/mol. The second kappa shape index (κ2) is 6.95. The summed E-state index contributed by atoms with van der Waals surface area (Å²) in [6, 6.07) is 2.73. The predicted octanol–water partition coefficient (Wildman–Crippen LogP) is 0.714. The summed E-state index contributed by atoms with van der Waals surface area (Å²) in [6.07, 6.45) is 0.643. The molecule has 1 aliphatic rings. The Morgan fingerprint density at radius 1 is 1.29 bits per heavy atom. The lowest BCUT2D eigenvalue weighted by molar-refractivity contribution is 0.169. The second-order valence-corrected chi connectivity index (χ2v) is 5.64. The number of hydrogen-bond acceptors (Lipinski definition) is 4. The molecule has 98 valence electrons. The van der Waals surface area contributed by atoms with Crippen LogP contribution in [0.1, 0.15) is 13.3 Å². The Morgan fingerprint density at radius 2 is 2.00 bits per heavy atom. The van der Waals surface area contributed by atoms with Gasteiger partial charge in [0.15, 0.2) is 0 Å². The van der Waals surface area contributed by atoms with E-state index in [1.807, 2.05) is 0 Å². The number of likely N-dealkylation sites (N-methyl/N-ethyl adjacent to an activating group) is 2. The summed E-state index contributed by atoms with van der Waals surface area (Å²) in [4.78, 5) is 7.07. The highest BCUT2D eigenvalue weighted by atomic mass is 15.3. The molecule has 1 heterocycles. The van der Waals surface area contributed by atoms with Gasteiger partial charge in [-0.05, 0) is 27.1 Å². The van der Waals surface area contributed by atoms with Crippen LogP contribution in [-0.2, 0) is 0 Å². The Balaban J connectivity index is 2.62. The van der Waals surface area contributed by atoms with E-state index < -0.39 is 0 Å². The SMILES string of the molecule is CC1CN(C)CC(CC#N)N(CCN(C)C)C1. The Morgan fingerprint density at radius 3 is 2.59 bits per heavy atom. The summed E-state index contributed by atoms with van der Waals surface area (Å²) in [5, 5.41) is 8.95. The highest BCUT2D eigenvalue weighted by Gasteiger charge is 2.26. The lowest BCUT2D eigenvalue weighted by Crippen LogP contribution is -2.43. The molecule has 0 aromatic rings. The molecule has 1 saturated heterocycles. The molecule has 4 heteroatoms. The van der Waals surface area contributed by atoms with Crippen LogP contribution in [0.15, 0.2) is 0 Å². The lowest BCUT2D eigenvalue weighted by Gasteiger charge is -2.30. The van der Waals surface area contributed by atoms with Crippen LogP contribution in [0.4, 0.5) is 0 Å². The summed E-state index contributed by atoms with van der Waals surface area (Å²) >= 11 is 0. The summed E-state index contributed by atoms with van der Waals surface area (Å²) < 4.78 is 0. The first kappa shape index (κ1) is 14.4. The van der Waals surface area contributed by atoms with Crippen molar-refractivity contribution >= 4 is 0 Å². The van der Waals surface area contributed by atoms with E-state index in [-0.39, 0.29) is 0 Å². The molecule has 2 unspecified atom stereocenters. The maximum atomic E-state index is 8.95. The first-order valence-electron chi connectivity index (χ1n) is 6.47.